The lowest BCUT2D eigenvalue weighted by atomic mass is 10.0. The highest BCUT2D eigenvalue weighted by Gasteiger charge is 2.70. The van der Waals surface area contributed by atoms with Crippen molar-refractivity contribution >= 4 is 0 Å². The summed E-state index contributed by atoms with van der Waals surface area (Å²) in [4.78, 5) is 0. The lowest BCUT2D eigenvalue weighted by molar-refractivity contribution is -0.343. The molecular formula is C8H6F6O. The van der Waals surface area contributed by atoms with Gasteiger partial charge in [0.25, 0.3) is 0 Å². The maximum absolute atomic E-state index is 11.9. The van der Waals surface area contributed by atoms with Gasteiger partial charge in [-0.25, -0.2) is 0 Å². The highest BCUT2D eigenvalue weighted by Crippen LogP contribution is 2.42. The number of hydrogen-bond donors (Lipinski definition) is 1. The first-order valence-electron chi connectivity index (χ1n) is 3.46. The van der Waals surface area contributed by atoms with E-state index < -0.39 is 18.0 Å². The first kappa shape index (κ1) is 13.8. The van der Waals surface area contributed by atoms with Crippen molar-refractivity contribution in [2.75, 3.05) is 0 Å². The van der Waals surface area contributed by atoms with Crippen LogP contribution in [0.2, 0.25) is 0 Å². The maximum Gasteiger partial charge on any atom is 0.438 e. The topological polar surface area (TPSA) is 20.2 Å². The van der Waals surface area contributed by atoms with Crippen molar-refractivity contribution in [3.63, 3.8) is 0 Å². The van der Waals surface area contributed by atoms with Gasteiger partial charge in [-0.3, -0.25) is 0 Å². The molecule has 0 heterocycles. The largest absolute Gasteiger partial charge is 0.438 e. The second-order valence-electron chi connectivity index (χ2n) is 2.74. The van der Waals surface area contributed by atoms with E-state index in [0.717, 1.165) is 12.8 Å². The fraction of sp³-hybridized carbons (Fsp3) is 0.500. The zero-order valence-corrected chi connectivity index (χ0v) is 7.42. The second-order valence-corrected chi connectivity index (χ2v) is 2.74. The highest BCUT2D eigenvalue weighted by molar-refractivity contribution is 5.30. The van der Waals surface area contributed by atoms with E-state index in [0.29, 0.717) is 0 Å². The Balaban J connectivity index is 5.48. The summed E-state index contributed by atoms with van der Waals surface area (Å²) >= 11 is 0. The monoisotopic (exact) mass is 232 g/mol. The molecule has 0 amide bonds. The van der Waals surface area contributed by atoms with E-state index in [1.807, 2.05) is 0 Å². The van der Waals surface area contributed by atoms with E-state index in [9.17, 15) is 26.3 Å². The van der Waals surface area contributed by atoms with Gasteiger partial charge in [0.1, 0.15) is 0 Å². The number of halogens is 6. The Kier molecular flexibility index (Phi) is 3.48. The summed E-state index contributed by atoms with van der Waals surface area (Å²) in [6, 6.07) is 0. The first-order chi connectivity index (χ1) is 6.42. The van der Waals surface area contributed by atoms with Crippen LogP contribution in [0.25, 0.3) is 0 Å². The lowest BCUT2D eigenvalue weighted by Crippen LogP contribution is -2.55. The van der Waals surface area contributed by atoms with Gasteiger partial charge in [-0.05, 0) is 18.4 Å². The van der Waals surface area contributed by atoms with Crippen molar-refractivity contribution in [3.8, 4) is 11.8 Å². The van der Waals surface area contributed by atoms with Gasteiger partial charge < -0.3 is 5.11 Å². The Bertz CT molecular complexity index is 299. The van der Waals surface area contributed by atoms with Crippen LogP contribution in [0.15, 0.2) is 12.2 Å². The summed E-state index contributed by atoms with van der Waals surface area (Å²) in [6.45, 7) is 4.11. The van der Waals surface area contributed by atoms with E-state index in [-0.39, 0.29) is 5.57 Å². The van der Waals surface area contributed by atoms with Crippen LogP contribution in [-0.4, -0.2) is 23.1 Å². The van der Waals surface area contributed by atoms with Gasteiger partial charge in [-0.1, -0.05) is 12.5 Å². The van der Waals surface area contributed by atoms with E-state index in [2.05, 4.69) is 6.58 Å². The molecule has 0 saturated heterocycles. The highest BCUT2D eigenvalue weighted by atomic mass is 19.4. The normalized spacial score (nSPS) is 13.1. The van der Waals surface area contributed by atoms with Crippen molar-refractivity contribution in [2.24, 2.45) is 0 Å². The molecular weight excluding hydrogens is 226 g/mol. The summed E-state index contributed by atoms with van der Waals surface area (Å²) < 4.78 is 71.7. The van der Waals surface area contributed by atoms with Gasteiger partial charge in [0.05, 0.1) is 0 Å². The minimum atomic E-state index is -5.91. The molecule has 0 spiro atoms. The van der Waals surface area contributed by atoms with Crippen molar-refractivity contribution in [2.45, 2.75) is 24.9 Å². The quantitative estimate of drug-likeness (QED) is 0.502. The van der Waals surface area contributed by atoms with E-state index in [4.69, 9.17) is 5.11 Å². The Hall–Kier alpha value is -1.16. The molecule has 86 valence electrons. The molecule has 0 aromatic rings. The number of rotatable bonds is 0. The SMILES string of the molecule is C=C(C)C#CC(O)(C(F)(F)F)C(F)(F)F. The molecule has 7 heteroatoms. The van der Waals surface area contributed by atoms with Gasteiger partial charge >= 0.3 is 18.0 Å². The molecule has 0 radical (unpaired) electrons. The lowest BCUT2D eigenvalue weighted by Gasteiger charge is -2.27. The van der Waals surface area contributed by atoms with Gasteiger partial charge in [0.15, 0.2) is 0 Å². The Labute approximate surface area is 81.4 Å². The summed E-state index contributed by atoms with van der Waals surface area (Å²) in [7, 11) is 0. The summed E-state index contributed by atoms with van der Waals surface area (Å²) in [5.74, 6) is 2.20. The fourth-order valence-corrected chi connectivity index (χ4v) is 0.500. The average Bonchev–Trinajstić information content (AvgIpc) is 1.95. The smallest absolute Gasteiger partial charge is 0.363 e. The molecule has 0 aliphatic rings. The van der Waals surface area contributed by atoms with Crippen LogP contribution < -0.4 is 0 Å². The predicted octanol–water partition coefficient (Wildman–Crippen LogP) is 2.42. The number of aliphatic hydroxyl groups is 1. The zero-order valence-electron chi connectivity index (χ0n) is 7.42. The van der Waals surface area contributed by atoms with Gasteiger partial charge in [0, 0.05) is 0 Å². The third kappa shape index (κ3) is 2.89. The van der Waals surface area contributed by atoms with Crippen molar-refractivity contribution in [1.29, 1.82) is 0 Å². The van der Waals surface area contributed by atoms with Crippen LogP contribution in [0, 0.1) is 11.8 Å². The number of alkyl halides is 6. The van der Waals surface area contributed by atoms with Crippen LogP contribution >= 0.6 is 0 Å². The molecule has 0 aromatic carbocycles. The third-order valence-electron chi connectivity index (χ3n) is 1.28. The minimum absolute atomic E-state index is 0.220. The molecule has 0 fully saturated rings. The number of hydrogen-bond acceptors (Lipinski definition) is 1. The van der Waals surface area contributed by atoms with Crippen molar-refractivity contribution < 1.29 is 31.4 Å². The van der Waals surface area contributed by atoms with Crippen LogP contribution in [0.3, 0.4) is 0 Å². The third-order valence-corrected chi connectivity index (χ3v) is 1.28. The molecule has 0 aliphatic carbocycles. The van der Waals surface area contributed by atoms with Crippen LogP contribution in [-0.2, 0) is 0 Å². The van der Waals surface area contributed by atoms with Crippen molar-refractivity contribution in [3.05, 3.63) is 12.2 Å². The molecule has 0 aromatic heterocycles. The number of allylic oxidation sites excluding steroid dienone is 1. The first-order valence-corrected chi connectivity index (χ1v) is 3.46. The molecule has 1 nitrogen and oxygen atoms in total. The Morgan fingerprint density at radius 2 is 1.40 bits per heavy atom. The predicted molar refractivity (Wildman–Crippen MR) is 39.6 cm³/mol. The van der Waals surface area contributed by atoms with E-state index in [1.165, 1.54) is 5.92 Å². The molecule has 0 atom stereocenters. The molecule has 15 heavy (non-hydrogen) atoms. The fourth-order valence-electron chi connectivity index (χ4n) is 0.500. The maximum atomic E-state index is 11.9. The molecule has 1 N–H and O–H groups in total. The molecule has 0 aliphatic heterocycles. The van der Waals surface area contributed by atoms with Crippen LogP contribution in [0.4, 0.5) is 26.3 Å². The molecule has 0 unspecified atom stereocenters. The minimum Gasteiger partial charge on any atom is -0.363 e. The zero-order chi connectivity index (χ0) is 12.5. The van der Waals surface area contributed by atoms with Crippen molar-refractivity contribution in [1.82, 2.24) is 0 Å². The molecule has 0 saturated carbocycles. The van der Waals surface area contributed by atoms with E-state index in [1.54, 1.807) is 0 Å². The molecule has 0 rings (SSSR count). The van der Waals surface area contributed by atoms with Gasteiger partial charge in [-0.2, -0.15) is 26.3 Å². The summed E-state index contributed by atoms with van der Waals surface area (Å²) in [6.07, 6.45) is -11.8. The summed E-state index contributed by atoms with van der Waals surface area (Å²) in [5.41, 5.74) is -5.24. The second kappa shape index (κ2) is 3.77. The Morgan fingerprint density at radius 3 is 1.60 bits per heavy atom. The standard InChI is InChI=1S/C8H6F6O/c1-5(2)3-4-6(15,7(9,10)11)8(12,13)14/h15H,1H2,2H3. The van der Waals surface area contributed by atoms with Gasteiger partial charge in [-0.15, -0.1) is 0 Å². The van der Waals surface area contributed by atoms with Gasteiger partial charge in [0.2, 0.25) is 0 Å². The summed E-state index contributed by atoms with van der Waals surface area (Å²) in [5, 5.41) is 8.47. The average molecular weight is 232 g/mol. The Morgan fingerprint density at radius 1 is 1.07 bits per heavy atom. The van der Waals surface area contributed by atoms with E-state index >= 15 is 0 Å². The van der Waals surface area contributed by atoms with Crippen LogP contribution in [0.5, 0.6) is 0 Å². The van der Waals surface area contributed by atoms with Crippen LogP contribution in [0.1, 0.15) is 6.92 Å². The molecule has 0 bridgehead atoms.